The summed E-state index contributed by atoms with van der Waals surface area (Å²) in [5, 5.41) is 43.5. The van der Waals surface area contributed by atoms with Crippen LogP contribution < -0.4 is 14.8 Å². The fraction of sp³-hybridized carbons (Fsp3) is 0.472. The highest BCUT2D eigenvalue weighted by Gasteiger charge is 2.39. The summed E-state index contributed by atoms with van der Waals surface area (Å²) in [5.74, 6) is -1.15. The van der Waals surface area contributed by atoms with Crippen molar-refractivity contribution in [3.05, 3.63) is 93.5 Å². The van der Waals surface area contributed by atoms with Gasteiger partial charge in [-0.3, -0.25) is 9.59 Å². The second kappa shape index (κ2) is 22.3. The van der Waals surface area contributed by atoms with E-state index < -0.39 is 35.3 Å². The number of aliphatic hydroxyl groups is 3. The molecule has 3 rings (SSSR count). The number of allylic oxidation sites excluding steroid dienone is 2. The Labute approximate surface area is 301 Å². The molecular formula is C36H45ClN2O12. The topological polar surface area (TPSA) is 204 Å². The van der Waals surface area contributed by atoms with E-state index in [1.54, 1.807) is 60.7 Å². The van der Waals surface area contributed by atoms with E-state index in [9.17, 15) is 39.8 Å². The van der Waals surface area contributed by atoms with Gasteiger partial charge >= 0.3 is 11.9 Å². The van der Waals surface area contributed by atoms with Gasteiger partial charge in [0.15, 0.2) is 0 Å². The monoisotopic (exact) mass is 732 g/mol. The molecule has 14 nitrogen and oxygen atoms in total. The third-order valence-electron chi connectivity index (χ3n) is 8.00. The predicted molar refractivity (Wildman–Crippen MR) is 185 cm³/mol. The first-order chi connectivity index (χ1) is 24.5. The Morgan fingerprint density at radius 3 is 2.53 bits per heavy atom. The zero-order valence-corrected chi connectivity index (χ0v) is 28.9. The van der Waals surface area contributed by atoms with Gasteiger partial charge in [-0.15, -0.1) is 10.1 Å². The Morgan fingerprint density at radius 1 is 1.00 bits per heavy atom. The molecule has 278 valence electrons. The highest BCUT2D eigenvalue weighted by Crippen LogP contribution is 2.36. The Bertz CT molecular complexity index is 1470. The van der Waals surface area contributed by atoms with Crippen LogP contribution in [0.2, 0.25) is 5.02 Å². The molecule has 0 heterocycles. The smallest absolute Gasteiger partial charge is 0.330 e. The van der Waals surface area contributed by atoms with Gasteiger partial charge < -0.3 is 39.7 Å². The van der Waals surface area contributed by atoms with Crippen molar-refractivity contribution >= 4 is 29.4 Å². The van der Waals surface area contributed by atoms with Crippen LogP contribution in [0.25, 0.3) is 0 Å². The molecule has 0 saturated heterocycles. The van der Waals surface area contributed by atoms with Gasteiger partial charge in [0.05, 0.1) is 25.4 Å². The number of benzene rings is 2. The summed E-state index contributed by atoms with van der Waals surface area (Å²) < 4.78 is 15.9. The van der Waals surface area contributed by atoms with Crippen LogP contribution >= 0.6 is 11.6 Å². The number of nitrogens with one attached hydrogen (secondary N) is 1. The van der Waals surface area contributed by atoms with E-state index >= 15 is 0 Å². The molecule has 1 amide bonds. The molecule has 2 aromatic carbocycles. The Kier molecular flexibility index (Phi) is 17.9. The average molecular weight is 733 g/mol. The molecule has 51 heavy (non-hydrogen) atoms. The van der Waals surface area contributed by atoms with Crippen LogP contribution in [-0.4, -0.2) is 82.9 Å². The minimum atomic E-state index is -0.918. The quantitative estimate of drug-likeness (QED) is 0.0340. The van der Waals surface area contributed by atoms with Crippen molar-refractivity contribution in [3.63, 3.8) is 0 Å². The van der Waals surface area contributed by atoms with E-state index in [-0.39, 0.29) is 69.8 Å². The maximum atomic E-state index is 12.2. The molecule has 0 radical (unpaired) electrons. The van der Waals surface area contributed by atoms with E-state index in [1.165, 1.54) is 0 Å². The minimum absolute atomic E-state index is 0.00675. The van der Waals surface area contributed by atoms with Crippen molar-refractivity contribution in [2.24, 2.45) is 11.8 Å². The van der Waals surface area contributed by atoms with E-state index in [0.717, 1.165) is 5.56 Å². The van der Waals surface area contributed by atoms with Crippen molar-refractivity contribution in [2.75, 3.05) is 26.4 Å². The predicted octanol–water partition coefficient (Wildman–Crippen LogP) is 3.91. The summed E-state index contributed by atoms with van der Waals surface area (Å²) in [4.78, 5) is 50.3. The molecule has 5 atom stereocenters. The third-order valence-corrected chi connectivity index (χ3v) is 8.23. The summed E-state index contributed by atoms with van der Waals surface area (Å²) >= 11 is 5.95. The SMILES string of the molecule is O=C(CCC/C=C\C[C@@H]1[C@@H](/C=C/[C@@H](O)COc2cccc(Cl)c2)[C@H](O)C[C@@H]1O)NCC(=O)Oc1ccc(CCOC(=O)CCCO[N+](=O)[O-])cc1. The first-order valence-corrected chi connectivity index (χ1v) is 17.1. The molecule has 4 N–H and O–H groups in total. The van der Waals surface area contributed by atoms with E-state index in [0.29, 0.717) is 42.2 Å². The van der Waals surface area contributed by atoms with Gasteiger partial charge in [0, 0.05) is 36.6 Å². The summed E-state index contributed by atoms with van der Waals surface area (Å²) in [7, 11) is 0. The molecule has 1 aliphatic carbocycles. The number of carbonyl (C=O) groups excluding carboxylic acids is 3. The van der Waals surface area contributed by atoms with Crippen molar-refractivity contribution in [1.29, 1.82) is 0 Å². The number of rotatable bonds is 22. The fourth-order valence-corrected chi connectivity index (χ4v) is 5.55. The number of unbranched alkanes of at least 4 members (excludes halogenated alkanes) is 1. The van der Waals surface area contributed by atoms with Crippen LogP contribution in [0.5, 0.6) is 11.5 Å². The highest BCUT2D eigenvalue weighted by atomic mass is 35.5. The van der Waals surface area contributed by atoms with E-state index in [2.05, 4.69) is 10.2 Å². The van der Waals surface area contributed by atoms with Gasteiger partial charge in [-0.05, 0) is 67.5 Å². The molecule has 15 heteroatoms. The van der Waals surface area contributed by atoms with Crippen LogP contribution in [0, 0.1) is 22.0 Å². The number of hydrogen-bond acceptors (Lipinski definition) is 12. The summed E-state index contributed by atoms with van der Waals surface area (Å²) in [6.45, 7) is -0.337. The maximum absolute atomic E-state index is 12.2. The van der Waals surface area contributed by atoms with Gasteiger partial charge in [0.25, 0.3) is 5.09 Å². The lowest BCUT2D eigenvalue weighted by Gasteiger charge is -2.19. The number of ether oxygens (including phenoxy) is 3. The zero-order valence-electron chi connectivity index (χ0n) is 28.1. The van der Waals surface area contributed by atoms with Gasteiger partial charge in [-0.25, -0.2) is 4.79 Å². The van der Waals surface area contributed by atoms with Gasteiger partial charge in [-0.1, -0.05) is 54.1 Å². The van der Waals surface area contributed by atoms with Crippen molar-refractivity contribution < 1.29 is 53.8 Å². The zero-order chi connectivity index (χ0) is 37.0. The number of esters is 2. The van der Waals surface area contributed by atoms with Crippen LogP contribution in [-0.2, 0) is 30.4 Å². The molecule has 0 aliphatic heterocycles. The van der Waals surface area contributed by atoms with Crippen LogP contribution in [0.3, 0.4) is 0 Å². The first-order valence-electron chi connectivity index (χ1n) is 16.7. The number of nitrogens with zero attached hydrogens (tertiary/aromatic N) is 1. The second-order valence-electron chi connectivity index (χ2n) is 12.0. The molecule has 0 bridgehead atoms. The van der Waals surface area contributed by atoms with Gasteiger partial charge in [-0.2, -0.15) is 0 Å². The van der Waals surface area contributed by atoms with Crippen LogP contribution in [0.4, 0.5) is 0 Å². The highest BCUT2D eigenvalue weighted by molar-refractivity contribution is 6.30. The Morgan fingerprint density at radius 2 is 1.78 bits per heavy atom. The van der Waals surface area contributed by atoms with Crippen molar-refractivity contribution in [3.8, 4) is 11.5 Å². The molecule has 1 saturated carbocycles. The fourth-order valence-electron chi connectivity index (χ4n) is 5.37. The maximum Gasteiger partial charge on any atom is 0.330 e. The Hall–Kier alpha value is -4.50. The molecule has 1 fully saturated rings. The van der Waals surface area contributed by atoms with Crippen molar-refractivity contribution in [2.45, 2.75) is 69.7 Å². The number of aliphatic hydroxyl groups excluding tert-OH is 3. The molecule has 0 spiro atoms. The number of carbonyl (C=O) groups is 3. The molecule has 2 aromatic rings. The lowest BCUT2D eigenvalue weighted by Crippen LogP contribution is -2.31. The Balaban J connectivity index is 1.27. The summed E-state index contributed by atoms with van der Waals surface area (Å²) in [6.07, 6.45) is 7.50. The average Bonchev–Trinajstić information content (AvgIpc) is 3.36. The van der Waals surface area contributed by atoms with Gasteiger partial charge in [0.2, 0.25) is 5.91 Å². The lowest BCUT2D eigenvalue weighted by molar-refractivity contribution is -0.757. The van der Waals surface area contributed by atoms with Crippen LogP contribution in [0.1, 0.15) is 50.5 Å². The number of amides is 1. The first kappa shape index (κ1) is 40.9. The summed E-state index contributed by atoms with van der Waals surface area (Å²) in [6, 6.07) is 13.4. The van der Waals surface area contributed by atoms with E-state index in [4.69, 9.17) is 25.8 Å². The minimum Gasteiger partial charge on any atom is -0.491 e. The standard InChI is InChI=1S/C36H45ClN2O12/c37-26-7-5-8-29(21-26)49-24-27(40)14-17-31-30(32(41)22-33(31)42)9-3-1-2-4-10-34(43)38-23-36(45)51-28-15-12-25(13-16-28)18-20-48-35(44)11-6-19-50-39(46)47/h1,3,5,7-8,12-17,21,27,30-33,40-42H,2,4,6,9-11,18-20,22-24H2,(H,38,43)/b3-1-,17-14+/t27-,30-,31-,32+,33-/m1/s1. The molecule has 0 aromatic heterocycles. The van der Waals surface area contributed by atoms with Crippen molar-refractivity contribution in [1.82, 2.24) is 5.32 Å². The number of hydrogen-bond donors (Lipinski definition) is 4. The number of halogens is 1. The lowest BCUT2D eigenvalue weighted by atomic mass is 9.89. The second-order valence-corrected chi connectivity index (χ2v) is 12.4. The largest absolute Gasteiger partial charge is 0.491 e. The van der Waals surface area contributed by atoms with Gasteiger partial charge in [0.1, 0.15) is 30.8 Å². The van der Waals surface area contributed by atoms with Crippen LogP contribution in [0.15, 0.2) is 72.8 Å². The molecular weight excluding hydrogens is 688 g/mol. The normalized spacial score (nSPS) is 19.1. The molecule has 1 aliphatic rings. The summed E-state index contributed by atoms with van der Waals surface area (Å²) in [5.41, 5.74) is 0.836. The van der Waals surface area contributed by atoms with E-state index in [1.807, 2.05) is 12.2 Å². The third kappa shape index (κ3) is 16.4. The molecule has 0 unspecified atom stereocenters.